The van der Waals surface area contributed by atoms with Crippen molar-refractivity contribution in [3.05, 3.63) is 88.6 Å². The predicted octanol–water partition coefficient (Wildman–Crippen LogP) is 3.23. The van der Waals surface area contributed by atoms with Crippen LogP contribution in [-0.4, -0.2) is 60.5 Å². The molecule has 2 aromatic carbocycles. The molecule has 0 unspecified atom stereocenters. The van der Waals surface area contributed by atoms with Gasteiger partial charge in [0.25, 0.3) is 11.8 Å². The number of nitrogens with one attached hydrogen (secondary N) is 3. The van der Waals surface area contributed by atoms with Crippen LogP contribution in [0.4, 0.5) is 20.3 Å². The van der Waals surface area contributed by atoms with Gasteiger partial charge in [-0.25, -0.2) is 22.2 Å². The Morgan fingerprint density at radius 1 is 0.946 bits per heavy atom. The fourth-order valence-corrected chi connectivity index (χ4v) is 4.89. The van der Waals surface area contributed by atoms with Gasteiger partial charge in [-0.2, -0.15) is 0 Å². The number of hydrogen-bond acceptors (Lipinski definition) is 6. The fourth-order valence-electron chi connectivity index (χ4n) is 3.69. The normalized spacial score (nSPS) is 14.6. The van der Waals surface area contributed by atoms with E-state index in [4.69, 9.17) is 5.41 Å². The van der Waals surface area contributed by atoms with Gasteiger partial charge >= 0.3 is 0 Å². The summed E-state index contributed by atoms with van der Waals surface area (Å²) in [5.41, 5.74) is 0.481. The lowest BCUT2D eigenvalue weighted by Crippen LogP contribution is -2.43. The van der Waals surface area contributed by atoms with E-state index in [1.54, 1.807) is 18.3 Å². The minimum Gasteiger partial charge on any atom is -0.355 e. The molecule has 0 spiro atoms. The summed E-state index contributed by atoms with van der Waals surface area (Å²) < 4.78 is 52.0. The molecule has 1 saturated heterocycles. The molecule has 4 rings (SSSR count). The summed E-state index contributed by atoms with van der Waals surface area (Å²) in [6.45, 7) is 2.07. The molecule has 1 aromatic heterocycles. The molecule has 3 N–H and O–H groups in total. The number of aromatic nitrogens is 1. The Balaban J connectivity index is 1.50. The number of halogens is 2. The van der Waals surface area contributed by atoms with Crippen LogP contribution < -0.4 is 10.6 Å². The van der Waals surface area contributed by atoms with Crippen LogP contribution in [-0.2, 0) is 9.84 Å². The Kier molecular flexibility index (Phi) is 7.30. The van der Waals surface area contributed by atoms with Gasteiger partial charge in [0, 0.05) is 24.8 Å². The summed E-state index contributed by atoms with van der Waals surface area (Å²) in [4.78, 5) is 31.2. The summed E-state index contributed by atoms with van der Waals surface area (Å²) in [6.07, 6.45) is 1.54. The van der Waals surface area contributed by atoms with E-state index in [0.29, 0.717) is 0 Å². The summed E-state index contributed by atoms with van der Waals surface area (Å²) in [5, 5.41) is 13.2. The van der Waals surface area contributed by atoms with Crippen LogP contribution in [0.25, 0.3) is 0 Å². The molecule has 0 radical (unpaired) electrons. The van der Waals surface area contributed by atoms with Crippen molar-refractivity contribution in [3.8, 4) is 0 Å². The van der Waals surface area contributed by atoms with E-state index >= 15 is 0 Å². The Morgan fingerprint density at radius 2 is 1.65 bits per heavy atom. The van der Waals surface area contributed by atoms with Crippen LogP contribution in [0.3, 0.4) is 0 Å². The van der Waals surface area contributed by atoms with Crippen molar-refractivity contribution in [2.45, 2.75) is 6.92 Å². The zero-order chi connectivity index (χ0) is 26.7. The van der Waals surface area contributed by atoms with Gasteiger partial charge in [-0.15, -0.1) is 0 Å². The molecular formula is C25H23F2N5O4S. The third-order valence-electron chi connectivity index (χ3n) is 5.78. The summed E-state index contributed by atoms with van der Waals surface area (Å²) >= 11 is 0. The number of aryl methyl sites for hydroxylation is 1. The molecule has 2 amide bonds. The lowest BCUT2D eigenvalue weighted by atomic mass is 10.1. The summed E-state index contributed by atoms with van der Waals surface area (Å²) in [7, 11) is -3.14. The first-order valence-corrected chi connectivity index (χ1v) is 13.0. The number of sulfone groups is 1. The van der Waals surface area contributed by atoms with Crippen molar-refractivity contribution in [1.82, 2.24) is 9.88 Å². The first-order valence-electron chi connectivity index (χ1n) is 11.2. The first kappa shape index (κ1) is 25.9. The number of hydrogen-bond donors (Lipinski definition) is 3. The summed E-state index contributed by atoms with van der Waals surface area (Å²) in [6, 6.07) is 10.1. The quantitative estimate of drug-likeness (QED) is 0.345. The van der Waals surface area contributed by atoms with Gasteiger partial charge in [-0.1, -0.05) is 12.1 Å². The molecule has 3 aromatic rings. The molecule has 0 aliphatic carbocycles. The summed E-state index contributed by atoms with van der Waals surface area (Å²) in [5.74, 6) is -3.23. The van der Waals surface area contributed by atoms with Crippen molar-refractivity contribution in [3.63, 3.8) is 0 Å². The molecule has 192 valence electrons. The van der Waals surface area contributed by atoms with E-state index in [-0.39, 0.29) is 58.6 Å². The van der Waals surface area contributed by atoms with Crippen LogP contribution >= 0.6 is 0 Å². The molecule has 0 saturated carbocycles. The third kappa shape index (κ3) is 6.15. The highest BCUT2D eigenvalue weighted by Gasteiger charge is 2.25. The maximum absolute atomic E-state index is 14.9. The van der Waals surface area contributed by atoms with Gasteiger partial charge in [-0.05, 0) is 48.9 Å². The number of rotatable bonds is 5. The second-order valence-electron chi connectivity index (χ2n) is 8.50. The largest absolute Gasteiger partial charge is 0.355 e. The second kappa shape index (κ2) is 10.4. The topological polar surface area (TPSA) is 132 Å². The van der Waals surface area contributed by atoms with Crippen molar-refractivity contribution in [1.29, 1.82) is 5.41 Å². The first-order chi connectivity index (χ1) is 17.5. The maximum Gasteiger partial charge on any atom is 0.259 e. The lowest BCUT2D eigenvalue weighted by Gasteiger charge is -2.29. The van der Waals surface area contributed by atoms with Crippen LogP contribution in [0.5, 0.6) is 0 Å². The van der Waals surface area contributed by atoms with Gasteiger partial charge in [0.05, 0.1) is 28.3 Å². The van der Waals surface area contributed by atoms with Gasteiger partial charge in [0.1, 0.15) is 23.3 Å². The molecule has 0 bridgehead atoms. The Morgan fingerprint density at radius 3 is 2.30 bits per heavy atom. The number of carbonyl (C=O) groups is 2. The van der Waals surface area contributed by atoms with E-state index in [2.05, 4.69) is 15.6 Å². The van der Waals surface area contributed by atoms with Crippen LogP contribution in [0.15, 0.2) is 54.7 Å². The molecular weight excluding hydrogens is 504 g/mol. The fraction of sp³-hybridized carbons (Fsp3) is 0.200. The number of anilines is 2. The smallest absolute Gasteiger partial charge is 0.259 e. The van der Waals surface area contributed by atoms with Crippen molar-refractivity contribution in [2.75, 3.05) is 35.2 Å². The highest BCUT2D eigenvalue weighted by molar-refractivity contribution is 7.91. The molecule has 2 heterocycles. The van der Waals surface area contributed by atoms with Crippen LogP contribution in [0, 0.1) is 24.0 Å². The number of amidine groups is 1. The van der Waals surface area contributed by atoms with E-state index < -0.39 is 33.3 Å². The minimum absolute atomic E-state index is 0.0400. The Hall–Kier alpha value is -4.19. The minimum atomic E-state index is -3.14. The average molecular weight is 528 g/mol. The van der Waals surface area contributed by atoms with E-state index in [0.717, 1.165) is 23.8 Å². The zero-order valence-electron chi connectivity index (χ0n) is 19.7. The molecule has 12 heteroatoms. The SMILES string of the molecule is Cc1ccc(NC(=O)c2cc(F)ccc2NC(=O)c2ccc(C(=N)N3CCS(=O)(=O)CC3)cc2F)nc1. The Bertz CT molecular complexity index is 1480. The van der Waals surface area contributed by atoms with E-state index in [9.17, 15) is 26.8 Å². The zero-order valence-corrected chi connectivity index (χ0v) is 20.5. The highest BCUT2D eigenvalue weighted by atomic mass is 32.2. The van der Waals surface area contributed by atoms with Gasteiger partial charge in [0.2, 0.25) is 0 Å². The number of amides is 2. The number of carbonyl (C=O) groups excluding carboxylic acids is 2. The highest BCUT2D eigenvalue weighted by Crippen LogP contribution is 2.21. The number of nitrogens with zero attached hydrogens (tertiary/aromatic N) is 2. The predicted molar refractivity (Wildman–Crippen MR) is 135 cm³/mol. The Labute approximate surface area is 212 Å². The average Bonchev–Trinajstić information content (AvgIpc) is 2.86. The lowest BCUT2D eigenvalue weighted by molar-refractivity contribution is 0.102. The van der Waals surface area contributed by atoms with E-state index in [1.165, 1.54) is 23.1 Å². The number of benzene rings is 2. The molecule has 1 aliphatic heterocycles. The van der Waals surface area contributed by atoms with Gasteiger partial charge < -0.3 is 15.5 Å². The van der Waals surface area contributed by atoms with Crippen molar-refractivity contribution in [2.24, 2.45) is 0 Å². The molecule has 37 heavy (non-hydrogen) atoms. The van der Waals surface area contributed by atoms with Crippen molar-refractivity contribution >= 4 is 39.0 Å². The number of pyridine rings is 1. The van der Waals surface area contributed by atoms with Gasteiger partial charge in [0.15, 0.2) is 9.84 Å². The third-order valence-corrected chi connectivity index (χ3v) is 7.38. The maximum atomic E-state index is 14.9. The second-order valence-corrected chi connectivity index (χ2v) is 10.8. The van der Waals surface area contributed by atoms with E-state index in [1.807, 2.05) is 6.92 Å². The van der Waals surface area contributed by atoms with Crippen LogP contribution in [0.1, 0.15) is 31.8 Å². The van der Waals surface area contributed by atoms with Gasteiger partial charge in [-0.3, -0.25) is 15.0 Å². The molecule has 1 fully saturated rings. The van der Waals surface area contributed by atoms with Crippen LogP contribution in [0.2, 0.25) is 0 Å². The molecule has 0 atom stereocenters. The monoisotopic (exact) mass is 527 g/mol. The van der Waals surface area contributed by atoms with Crippen molar-refractivity contribution < 1.29 is 26.8 Å². The molecule has 1 aliphatic rings. The standard InChI is InChI=1S/C25H23F2N5O4S/c1-15-2-7-22(29-14-15)31-25(34)19-13-17(26)4-6-21(19)30-24(33)18-5-3-16(12-20(18)27)23(28)32-8-10-37(35,36)11-9-32/h2-7,12-14,28H,8-11H2,1H3,(H,30,33)(H,29,31,34). The molecule has 9 nitrogen and oxygen atoms in total.